The zero-order valence-corrected chi connectivity index (χ0v) is 13.2. The van der Waals surface area contributed by atoms with E-state index in [1.807, 2.05) is 6.92 Å². The molecule has 3 N–H and O–H groups in total. The number of hydrogen-bond donors (Lipinski definition) is 2. The van der Waals surface area contributed by atoms with E-state index in [1.54, 1.807) is 4.57 Å². The Bertz CT molecular complexity index is 601. The van der Waals surface area contributed by atoms with Gasteiger partial charge in [-0.2, -0.15) is 0 Å². The van der Waals surface area contributed by atoms with Crippen LogP contribution in [0.2, 0.25) is 0 Å². The van der Waals surface area contributed by atoms with Crippen LogP contribution in [-0.2, 0) is 10.0 Å². The summed E-state index contributed by atoms with van der Waals surface area (Å²) in [4.78, 5) is 12.3. The molecule has 1 fully saturated rings. The third-order valence-electron chi connectivity index (χ3n) is 3.92. The highest BCUT2D eigenvalue weighted by Gasteiger charge is 2.25. The number of amides is 1. The summed E-state index contributed by atoms with van der Waals surface area (Å²) in [6.45, 7) is 2.64. The van der Waals surface area contributed by atoms with Gasteiger partial charge in [-0.1, -0.05) is 26.2 Å². The summed E-state index contributed by atoms with van der Waals surface area (Å²) in [5.41, 5.74) is 0.391. The summed E-state index contributed by atoms with van der Waals surface area (Å²) >= 11 is 0. The molecule has 0 aliphatic heterocycles. The predicted molar refractivity (Wildman–Crippen MR) is 80.6 cm³/mol. The van der Waals surface area contributed by atoms with Gasteiger partial charge in [-0.25, -0.2) is 13.6 Å². The molecule has 1 aromatic heterocycles. The maximum Gasteiger partial charge on any atom is 0.267 e. The van der Waals surface area contributed by atoms with Gasteiger partial charge >= 0.3 is 0 Å². The monoisotopic (exact) mass is 313 g/mol. The molecular weight excluding hydrogens is 290 g/mol. The van der Waals surface area contributed by atoms with Crippen molar-refractivity contribution in [3.8, 4) is 0 Å². The number of primary sulfonamides is 1. The minimum absolute atomic E-state index is 0.00930. The van der Waals surface area contributed by atoms with E-state index < -0.39 is 10.0 Å². The summed E-state index contributed by atoms with van der Waals surface area (Å²) < 4.78 is 24.8. The van der Waals surface area contributed by atoms with Gasteiger partial charge in [0.15, 0.2) is 0 Å². The molecule has 0 unspecified atom stereocenters. The van der Waals surface area contributed by atoms with Crippen molar-refractivity contribution in [1.29, 1.82) is 0 Å². The van der Waals surface area contributed by atoms with Crippen LogP contribution in [0.4, 0.5) is 0 Å². The number of aromatic nitrogens is 1. The molecule has 0 saturated heterocycles. The van der Waals surface area contributed by atoms with Gasteiger partial charge in [-0.3, -0.25) is 4.79 Å². The van der Waals surface area contributed by atoms with E-state index in [0.29, 0.717) is 12.2 Å². The molecule has 1 aliphatic carbocycles. The molecular formula is C14H23N3O3S. The smallest absolute Gasteiger partial charge is 0.267 e. The quantitative estimate of drug-likeness (QED) is 0.784. The molecule has 7 heteroatoms. The number of sulfonamides is 1. The summed E-state index contributed by atoms with van der Waals surface area (Å²) in [6.07, 6.45) is 7.53. The second-order valence-corrected chi connectivity index (χ2v) is 7.12. The van der Waals surface area contributed by atoms with Gasteiger partial charge in [0.25, 0.3) is 5.91 Å². The highest BCUT2D eigenvalue weighted by atomic mass is 32.2. The Kier molecular flexibility index (Phi) is 5.05. The van der Waals surface area contributed by atoms with Crippen LogP contribution >= 0.6 is 0 Å². The maximum atomic E-state index is 12.3. The van der Waals surface area contributed by atoms with Crippen LogP contribution in [0.15, 0.2) is 17.2 Å². The first kappa shape index (κ1) is 16.0. The third kappa shape index (κ3) is 3.85. The zero-order chi connectivity index (χ0) is 15.5. The van der Waals surface area contributed by atoms with E-state index in [-0.39, 0.29) is 16.8 Å². The molecule has 1 aliphatic rings. The lowest BCUT2D eigenvalue weighted by molar-refractivity contribution is 0.0941. The van der Waals surface area contributed by atoms with Crippen LogP contribution < -0.4 is 10.5 Å². The molecule has 1 heterocycles. The van der Waals surface area contributed by atoms with Crippen molar-refractivity contribution in [3.05, 3.63) is 18.0 Å². The second kappa shape index (κ2) is 6.62. The van der Waals surface area contributed by atoms with Gasteiger partial charge in [0.2, 0.25) is 10.0 Å². The van der Waals surface area contributed by atoms with Gasteiger partial charge in [0.05, 0.1) is 0 Å². The van der Waals surface area contributed by atoms with E-state index in [9.17, 15) is 13.2 Å². The lowest BCUT2D eigenvalue weighted by Crippen LogP contribution is -2.27. The van der Waals surface area contributed by atoms with Gasteiger partial charge in [-0.05, 0) is 25.3 Å². The number of nitrogens with one attached hydrogen (secondary N) is 1. The molecule has 1 amide bonds. The van der Waals surface area contributed by atoms with E-state index in [0.717, 1.165) is 38.5 Å². The number of nitrogens with zero attached hydrogens (tertiary/aromatic N) is 1. The van der Waals surface area contributed by atoms with Crippen LogP contribution in [0.1, 0.15) is 62.0 Å². The lowest BCUT2D eigenvalue weighted by atomic mass is 10.2. The summed E-state index contributed by atoms with van der Waals surface area (Å²) in [5.74, 6) is -0.231. The number of unbranched alkanes of at least 4 members (excludes halogenated alkanes) is 1. The molecule has 0 spiro atoms. The molecule has 6 nitrogen and oxygen atoms in total. The van der Waals surface area contributed by atoms with Crippen molar-refractivity contribution >= 4 is 15.9 Å². The van der Waals surface area contributed by atoms with Crippen molar-refractivity contribution in [1.82, 2.24) is 9.88 Å². The Labute approximate surface area is 125 Å². The molecule has 0 bridgehead atoms. The van der Waals surface area contributed by atoms with E-state index >= 15 is 0 Å². The Morgan fingerprint density at radius 2 is 2.10 bits per heavy atom. The van der Waals surface area contributed by atoms with Crippen molar-refractivity contribution in [2.75, 3.05) is 6.54 Å². The van der Waals surface area contributed by atoms with Crippen LogP contribution in [0, 0.1) is 0 Å². The fraction of sp³-hybridized carbons (Fsp3) is 0.643. The first-order chi connectivity index (χ1) is 9.93. The molecule has 1 saturated carbocycles. The third-order valence-corrected chi connectivity index (χ3v) is 4.80. The van der Waals surface area contributed by atoms with Crippen molar-refractivity contribution < 1.29 is 13.2 Å². The largest absolute Gasteiger partial charge is 0.351 e. The molecule has 1 aromatic rings. The fourth-order valence-electron chi connectivity index (χ4n) is 2.75. The van der Waals surface area contributed by atoms with E-state index in [4.69, 9.17) is 5.14 Å². The van der Waals surface area contributed by atoms with Crippen molar-refractivity contribution in [2.45, 2.75) is 56.4 Å². The molecule has 0 radical (unpaired) electrons. The van der Waals surface area contributed by atoms with Crippen LogP contribution in [0.25, 0.3) is 0 Å². The second-order valence-electron chi connectivity index (χ2n) is 5.56. The minimum Gasteiger partial charge on any atom is -0.351 e. The summed E-state index contributed by atoms with van der Waals surface area (Å²) in [6, 6.07) is 1.57. The SMILES string of the molecule is CCCCNC(=O)c1cc(S(N)(=O)=O)cn1C1CCCC1. The summed E-state index contributed by atoms with van der Waals surface area (Å²) in [5, 5.41) is 8.02. The first-order valence-electron chi connectivity index (χ1n) is 7.46. The summed E-state index contributed by atoms with van der Waals surface area (Å²) in [7, 11) is -3.79. The van der Waals surface area contributed by atoms with Gasteiger partial charge in [0.1, 0.15) is 10.6 Å². The number of rotatable bonds is 6. The van der Waals surface area contributed by atoms with Gasteiger partial charge < -0.3 is 9.88 Å². The average Bonchev–Trinajstić information content (AvgIpc) is 3.06. The fourth-order valence-corrected chi connectivity index (χ4v) is 3.28. The Morgan fingerprint density at radius 1 is 1.43 bits per heavy atom. The number of nitrogens with two attached hydrogens (primary N) is 1. The van der Waals surface area contributed by atoms with E-state index in [1.165, 1.54) is 12.3 Å². The molecule has 21 heavy (non-hydrogen) atoms. The normalized spacial score (nSPS) is 16.3. The Hall–Kier alpha value is -1.34. The minimum atomic E-state index is -3.79. The van der Waals surface area contributed by atoms with Crippen LogP contribution in [0.5, 0.6) is 0 Å². The van der Waals surface area contributed by atoms with Crippen molar-refractivity contribution in [2.24, 2.45) is 5.14 Å². The van der Waals surface area contributed by atoms with Crippen molar-refractivity contribution in [3.63, 3.8) is 0 Å². The molecule has 0 aromatic carbocycles. The molecule has 2 rings (SSSR count). The predicted octanol–water partition coefficient (Wildman–Crippen LogP) is 1.78. The Balaban J connectivity index is 2.28. The maximum absolute atomic E-state index is 12.3. The zero-order valence-electron chi connectivity index (χ0n) is 12.3. The van der Waals surface area contributed by atoms with Crippen LogP contribution in [-0.4, -0.2) is 25.4 Å². The lowest BCUT2D eigenvalue weighted by Gasteiger charge is -2.15. The number of hydrogen-bond acceptors (Lipinski definition) is 3. The standard InChI is InChI=1S/C14H23N3O3S/c1-2-3-8-16-14(18)13-9-12(21(15,19)20)10-17(13)11-6-4-5-7-11/h9-11H,2-8H2,1H3,(H,16,18)(H2,15,19,20). The number of carbonyl (C=O) groups is 1. The highest BCUT2D eigenvalue weighted by molar-refractivity contribution is 7.89. The average molecular weight is 313 g/mol. The van der Waals surface area contributed by atoms with E-state index in [2.05, 4.69) is 5.32 Å². The van der Waals surface area contributed by atoms with Gasteiger partial charge in [-0.15, -0.1) is 0 Å². The van der Waals surface area contributed by atoms with Gasteiger partial charge in [0, 0.05) is 18.8 Å². The highest BCUT2D eigenvalue weighted by Crippen LogP contribution is 2.32. The van der Waals surface area contributed by atoms with Crippen LogP contribution in [0.3, 0.4) is 0 Å². The Morgan fingerprint density at radius 3 is 2.67 bits per heavy atom. The molecule has 0 atom stereocenters. The molecule has 118 valence electrons. The number of carbonyl (C=O) groups excluding carboxylic acids is 1. The topological polar surface area (TPSA) is 94.2 Å². The first-order valence-corrected chi connectivity index (χ1v) is 9.01.